The summed E-state index contributed by atoms with van der Waals surface area (Å²) in [5.74, 6) is -2.90. The van der Waals surface area contributed by atoms with Gasteiger partial charge in [0.15, 0.2) is 0 Å². The lowest BCUT2D eigenvalue weighted by molar-refractivity contribution is -0.0495. The third-order valence-corrected chi connectivity index (χ3v) is 3.37. The maximum Gasteiger partial charge on any atom is 0.272 e. The smallest absolute Gasteiger partial charge is 0.272 e. The summed E-state index contributed by atoms with van der Waals surface area (Å²) in [6, 6.07) is 3.40. The maximum atomic E-state index is 12.9. The van der Waals surface area contributed by atoms with Crippen molar-refractivity contribution in [3.05, 3.63) is 27.6 Å². The summed E-state index contributed by atoms with van der Waals surface area (Å²) in [6.07, 6.45) is 1.07. The number of hydrogen-bond donors (Lipinski definition) is 0. The number of pyridine rings is 1. The van der Waals surface area contributed by atoms with Crippen LogP contribution in [0, 0.1) is 3.57 Å². The van der Waals surface area contributed by atoms with Crippen molar-refractivity contribution >= 4 is 28.5 Å². The van der Waals surface area contributed by atoms with E-state index >= 15 is 0 Å². The lowest BCUT2D eigenvalue weighted by Gasteiger charge is -2.31. The minimum Gasteiger partial charge on any atom is -0.337 e. The first kappa shape index (κ1) is 12.7. The Morgan fingerprint density at radius 3 is 2.53 bits per heavy atom. The van der Waals surface area contributed by atoms with Gasteiger partial charge in [-0.3, -0.25) is 4.79 Å². The summed E-state index contributed by atoms with van der Waals surface area (Å²) in [4.78, 5) is 17.4. The van der Waals surface area contributed by atoms with Crippen molar-refractivity contribution in [2.45, 2.75) is 18.8 Å². The topological polar surface area (TPSA) is 33.2 Å². The van der Waals surface area contributed by atoms with E-state index in [1.807, 2.05) is 0 Å². The molecule has 1 aromatic heterocycles. The first-order chi connectivity index (χ1) is 7.98. The Labute approximate surface area is 111 Å². The Kier molecular flexibility index (Phi) is 3.60. The molecule has 1 aliphatic heterocycles. The highest BCUT2D eigenvalue weighted by Crippen LogP contribution is 2.28. The number of hydrogen-bond acceptors (Lipinski definition) is 2. The third-order valence-electron chi connectivity index (χ3n) is 2.73. The molecule has 1 aromatic rings. The molecule has 0 saturated carbocycles. The third kappa shape index (κ3) is 3.11. The van der Waals surface area contributed by atoms with Gasteiger partial charge in [-0.25, -0.2) is 13.8 Å². The van der Waals surface area contributed by atoms with Gasteiger partial charge in [-0.15, -0.1) is 0 Å². The normalized spacial score (nSPS) is 19.1. The molecule has 0 aromatic carbocycles. The highest BCUT2D eigenvalue weighted by Gasteiger charge is 2.35. The number of rotatable bonds is 1. The number of likely N-dealkylation sites (tertiary alicyclic amines) is 1. The number of amides is 1. The van der Waals surface area contributed by atoms with Crippen LogP contribution in [-0.2, 0) is 0 Å². The van der Waals surface area contributed by atoms with Crippen molar-refractivity contribution in [1.82, 2.24) is 9.88 Å². The van der Waals surface area contributed by atoms with Crippen LogP contribution in [-0.4, -0.2) is 34.8 Å². The molecular formula is C11H11F2IN2O. The summed E-state index contributed by atoms with van der Waals surface area (Å²) in [6.45, 7) is 0.193. The number of carbonyl (C=O) groups excluding carboxylic acids is 1. The Hall–Kier alpha value is -0.790. The molecule has 0 unspecified atom stereocenters. The maximum absolute atomic E-state index is 12.9. The van der Waals surface area contributed by atoms with Crippen molar-refractivity contribution in [3.8, 4) is 0 Å². The summed E-state index contributed by atoms with van der Waals surface area (Å²) >= 11 is 2.09. The molecule has 2 heterocycles. The van der Waals surface area contributed by atoms with Gasteiger partial charge in [0, 0.05) is 35.7 Å². The molecule has 92 valence electrons. The van der Waals surface area contributed by atoms with Crippen LogP contribution in [0.2, 0.25) is 0 Å². The van der Waals surface area contributed by atoms with Crippen molar-refractivity contribution in [2.24, 2.45) is 0 Å². The predicted molar refractivity (Wildman–Crippen MR) is 67.0 cm³/mol. The molecule has 0 atom stereocenters. The van der Waals surface area contributed by atoms with Gasteiger partial charge in [-0.2, -0.15) is 0 Å². The molecule has 6 heteroatoms. The summed E-state index contributed by atoms with van der Waals surface area (Å²) in [5, 5.41) is 0. The molecule has 0 spiro atoms. The fourth-order valence-corrected chi connectivity index (χ4v) is 2.02. The van der Waals surface area contributed by atoms with Gasteiger partial charge in [0.25, 0.3) is 11.8 Å². The highest BCUT2D eigenvalue weighted by molar-refractivity contribution is 14.1. The standard InChI is InChI=1S/C11H11F2IN2O/c12-11(13)3-5-16(6-4-11)10(17)9-2-1-8(14)7-15-9/h1-2,7H,3-6H2. The van der Waals surface area contributed by atoms with E-state index in [-0.39, 0.29) is 31.8 Å². The van der Waals surface area contributed by atoms with Gasteiger partial charge >= 0.3 is 0 Å². The number of alkyl halides is 2. The van der Waals surface area contributed by atoms with Crippen LogP contribution in [0.15, 0.2) is 18.3 Å². The van der Waals surface area contributed by atoms with E-state index in [4.69, 9.17) is 0 Å². The highest BCUT2D eigenvalue weighted by atomic mass is 127. The van der Waals surface area contributed by atoms with E-state index < -0.39 is 5.92 Å². The van der Waals surface area contributed by atoms with Gasteiger partial charge in [-0.05, 0) is 34.7 Å². The summed E-state index contributed by atoms with van der Waals surface area (Å²) in [5.41, 5.74) is 0.315. The molecule has 1 aliphatic rings. The van der Waals surface area contributed by atoms with Crippen LogP contribution in [0.25, 0.3) is 0 Å². The first-order valence-corrected chi connectivity index (χ1v) is 6.34. The van der Waals surface area contributed by atoms with E-state index in [0.29, 0.717) is 5.69 Å². The molecule has 2 rings (SSSR count). The van der Waals surface area contributed by atoms with Crippen molar-refractivity contribution in [3.63, 3.8) is 0 Å². The fourth-order valence-electron chi connectivity index (χ4n) is 1.70. The largest absolute Gasteiger partial charge is 0.337 e. The minimum absolute atomic E-state index is 0.0967. The van der Waals surface area contributed by atoms with Crippen molar-refractivity contribution in [2.75, 3.05) is 13.1 Å². The van der Waals surface area contributed by atoms with Gasteiger partial charge in [0.05, 0.1) is 0 Å². The second-order valence-electron chi connectivity index (χ2n) is 4.01. The van der Waals surface area contributed by atoms with Gasteiger partial charge in [0.2, 0.25) is 0 Å². The fraction of sp³-hybridized carbons (Fsp3) is 0.455. The monoisotopic (exact) mass is 352 g/mol. The lowest BCUT2D eigenvalue weighted by atomic mass is 10.1. The van der Waals surface area contributed by atoms with E-state index in [1.54, 1.807) is 18.3 Å². The van der Waals surface area contributed by atoms with E-state index in [9.17, 15) is 13.6 Å². The van der Waals surface area contributed by atoms with Crippen LogP contribution in [0.4, 0.5) is 8.78 Å². The molecule has 0 aliphatic carbocycles. The van der Waals surface area contributed by atoms with Crippen LogP contribution in [0.3, 0.4) is 0 Å². The second kappa shape index (κ2) is 4.83. The molecule has 3 nitrogen and oxygen atoms in total. The molecule has 1 amide bonds. The van der Waals surface area contributed by atoms with E-state index in [2.05, 4.69) is 27.6 Å². The molecule has 1 fully saturated rings. The molecular weight excluding hydrogens is 341 g/mol. The van der Waals surface area contributed by atoms with Crippen LogP contribution >= 0.6 is 22.6 Å². The summed E-state index contributed by atoms with van der Waals surface area (Å²) < 4.78 is 26.8. The Morgan fingerprint density at radius 2 is 2.00 bits per heavy atom. The van der Waals surface area contributed by atoms with Crippen LogP contribution in [0.5, 0.6) is 0 Å². The second-order valence-corrected chi connectivity index (χ2v) is 5.26. The molecule has 0 N–H and O–H groups in total. The molecule has 17 heavy (non-hydrogen) atoms. The van der Waals surface area contributed by atoms with Crippen LogP contribution < -0.4 is 0 Å². The molecule has 0 radical (unpaired) electrons. The zero-order valence-electron chi connectivity index (χ0n) is 9.00. The Balaban J connectivity index is 2.04. The zero-order valence-corrected chi connectivity index (χ0v) is 11.2. The average Bonchev–Trinajstić information content (AvgIpc) is 2.29. The number of carbonyl (C=O) groups is 1. The lowest BCUT2D eigenvalue weighted by Crippen LogP contribution is -2.42. The Bertz CT molecular complexity index is 412. The van der Waals surface area contributed by atoms with Crippen LogP contribution in [0.1, 0.15) is 23.3 Å². The SMILES string of the molecule is O=C(c1ccc(I)cn1)N1CCC(F)(F)CC1. The first-order valence-electron chi connectivity index (χ1n) is 5.27. The number of aromatic nitrogens is 1. The van der Waals surface area contributed by atoms with Gasteiger partial charge < -0.3 is 4.90 Å². The van der Waals surface area contributed by atoms with E-state index in [0.717, 1.165) is 3.57 Å². The number of halogens is 3. The number of nitrogens with zero attached hydrogens (tertiary/aromatic N) is 2. The zero-order chi connectivity index (χ0) is 12.5. The molecule has 0 bridgehead atoms. The number of piperidine rings is 1. The Morgan fingerprint density at radius 1 is 1.35 bits per heavy atom. The molecule has 1 saturated heterocycles. The van der Waals surface area contributed by atoms with Crippen molar-refractivity contribution in [1.29, 1.82) is 0 Å². The van der Waals surface area contributed by atoms with Crippen molar-refractivity contribution < 1.29 is 13.6 Å². The van der Waals surface area contributed by atoms with Gasteiger partial charge in [0.1, 0.15) is 5.69 Å². The summed E-state index contributed by atoms with van der Waals surface area (Å²) in [7, 11) is 0. The van der Waals surface area contributed by atoms with Gasteiger partial charge in [-0.1, -0.05) is 0 Å². The predicted octanol–water partition coefficient (Wildman–Crippen LogP) is 2.56. The average molecular weight is 352 g/mol. The quantitative estimate of drug-likeness (QED) is 0.728. The van der Waals surface area contributed by atoms with E-state index in [1.165, 1.54) is 4.90 Å². The minimum atomic E-state index is -2.63.